The molecule has 0 aliphatic carbocycles. The van der Waals surface area contributed by atoms with Crippen molar-refractivity contribution in [1.29, 1.82) is 5.41 Å². The third kappa shape index (κ3) is 5.85. The first-order valence-corrected chi connectivity index (χ1v) is 10.4. The Kier molecular flexibility index (Phi) is 7.33. The molecule has 3 aromatic rings. The molecule has 0 aliphatic rings. The van der Waals surface area contributed by atoms with Crippen molar-refractivity contribution < 1.29 is 9.59 Å². The van der Waals surface area contributed by atoms with Gasteiger partial charge in [-0.3, -0.25) is 15.0 Å². The predicted octanol–water partition coefficient (Wildman–Crippen LogP) is 5.57. The predicted molar refractivity (Wildman–Crippen MR) is 124 cm³/mol. The number of hydrogen-bond donors (Lipinski definition) is 3. The highest BCUT2D eigenvalue weighted by Gasteiger charge is 2.25. The van der Waals surface area contributed by atoms with Gasteiger partial charge in [-0.2, -0.15) is 0 Å². The van der Waals surface area contributed by atoms with Crippen LogP contribution in [0.5, 0.6) is 0 Å². The van der Waals surface area contributed by atoms with Crippen LogP contribution in [-0.2, 0) is 4.79 Å². The lowest BCUT2D eigenvalue weighted by atomic mass is 10.0. The van der Waals surface area contributed by atoms with Crippen LogP contribution in [0.4, 0.5) is 0 Å². The van der Waals surface area contributed by atoms with Crippen molar-refractivity contribution in [2.45, 2.75) is 13.0 Å². The number of hydrogen-bond acceptors (Lipinski definition) is 3. The van der Waals surface area contributed by atoms with Crippen molar-refractivity contribution in [3.63, 3.8) is 0 Å². The first-order chi connectivity index (χ1) is 14.7. The van der Waals surface area contributed by atoms with E-state index >= 15 is 0 Å². The second-order valence-corrected chi connectivity index (χ2v) is 8.08. The quantitative estimate of drug-likeness (QED) is 0.334. The minimum atomic E-state index is -1.12. The molecule has 1 unspecified atom stereocenters. The molecule has 5 nitrogen and oxygen atoms in total. The molecule has 0 bridgehead atoms. The van der Waals surface area contributed by atoms with Crippen molar-refractivity contribution in [3.8, 4) is 0 Å². The molecule has 3 rings (SSSR count). The van der Waals surface area contributed by atoms with Gasteiger partial charge in [-0.25, -0.2) is 0 Å². The third-order valence-corrected chi connectivity index (χ3v) is 5.39. The van der Waals surface area contributed by atoms with E-state index in [9.17, 15) is 9.59 Å². The number of amidine groups is 1. The van der Waals surface area contributed by atoms with E-state index in [1.165, 1.54) is 18.2 Å². The van der Waals surface area contributed by atoms with Crippen LogP contribution in [0.15, 0.2) is 66.7 Å². The van der Waals surface area contributed by atoms with Gasteiger partial charge in [0.05, 0.1) is 10.0 Å². The molecular weight excluding hydrogens is 457 g/mol. The zero-order valence-corrected chi connectivity index (χ0v) is 18.6. The number of aryl methyl sites for hydroxylation is 1. The SMILES string of the molecule is Cc1cc(Cl)cc(C(=O)NC(C(=O)NC(=N)c2ccccc2)c2ccc(Cl)c(Cl)c2)c1. The van der Waals surface area contributed by atoms with E-state index in [4.69, 9.17) is 40.2 Å². The van der Waals surface area contributed by atoms with Gasteiger partial charge < -0.3 is 10.6 Å². The van der Waals surface area contributed by atoms with Gasteiger partial charge in [0.1, 0.15) is 11.9 Å². The highest BCUT2D eigenvalue weighted by molar-refractivity contribution is 6.42. The van der Waals surface area contributed by atoms with Gasteiger partial charge in [-0.1, -0.05) is 71.2 Å². The second kappa shape index (κ2) is 9.96. The van der Waals surface area contributed by atoms with E-state index < -0.39 is 17.9 Å². The Morgan fingerprint density at radius 1 is 0.871 bits per heavy atom. The summed E-state index contributed by atoms with van der Waals surface area (Å²) in [6.07, 6.45) is 0. The van der Waals surface area contributed by atoms with E-state index in [0.29, 0.717) is 26.7 Å². The van der Waals surface area contributed by atoms with Gasteiger partial charge in [-0.05, 0) is 48.4 Å². The fourth-order valence-corrected chi connectivity index (χ4v) is 3.54. The highest BCUT2D eigenvalue weighted by Crippen LogP contribution is 2.26. The first kappa shape index (κ1) is 22.8. The minimum Gasteiger partial charge on any atom is -0.336 e. The van der Waals surface area contributed by atoms with Crippen LogP contribution >= 0.6 is 34.8 Å². The van der Waals surface area contributed by atoms with E-state index in [2.05, 4.69) is 10.6 Å². The zero-order valence-electron chi connectivity index (χ0n) is 16.4. The first-order valence-electron chi connectivity index (χ1n) is 9.22. The van der Waals surface area contributed by atoms with Gasteiger partial charge in [-0.15, -0.1) is 0 Å². The largest absolute Gasteiger partial charge is 0.336 e. The van der Waals surface area contributed by atoms with Gasteiger partial charge in [0.2, 0.25) is 0 Å². The summed E-state index contributed by atoms with van der Waals surface area (Å²) in [5.41, 5.74) is 2.06. The highest BCUT2D eigenvalue weighted by atomic mass is 35.5. The lowest BCUT2D eigenvalue weighted by Gasteiger charge is -2.20. The standard InChI is InChI=1S/C23H18Cl3N3O2/c1-13-9-16(11-17(24)10-13)22(30)28-20(15-7-8-18(25)19(26)12-15)23(31)29-21(27)14-5-3-2-4-6-14/h2-12,20H,1H3,(H,28,30)(H2,27,29,31). The molecule has 3 N–H and O–H groups in total. The zero-order chi connectivity index (χ0) is 22.5. The molecule has 0 spiro atoms. The molecule has 158 valence electrons. The van der Waals surface area contributed by atoms with Crippen LogP contribution in [0.3, 0.4) is 0 Å². The summed E-state index contributed by atoms with van der Waals surface area (Å²) in [5.74, 6) is -1.19. The monoisotopic (exact) mass is 473 g/mol. The van der Waals surface area contributed by atoms with E-state index in [1.54, 1.807) is 42.5 Å². The fourth-order valence-electron chi connectivity index (χ4n) is 2.95. The molecule has 31 heavy (non-hydrogen) atoms. The number of halogens is 3. The fraction of sp³-hybridized carbons (Fsp3) is 0.0870. The molecule has 0 heterocycles. The van der Waals surface area contributed by atoms with E-state index in [1.807, 2.05) is 13.0 Å². The van der Waals surface area contributed by atoms with Gasteiger partial charge in [0.15, 0.2) is 0 Å². The van der Waals surface area contributed by atoms with Crippen molar-refractivity contribution in [2.24, 2.45) is 0 Å². The molecular formula is C23H18Cl3N3O2. The van der Waals surface area contributed by atoms with Crippen LogP contribution in [0.25, 0.3) is 0 Å². The summed E-state index contributed by atoms with van der Waals surface area (Å²) in [6.45, 7) is 1.81. The Bertz CT molecular complexity index is 1130. The van der Waals surface area contributed by atoms with Crippen LogP contribution in [0.2, 0.25) is 15.1 Å². The molecule has 0 fully saturated rings. The molecule has 8 heteroatoms. The third-order valence-electron chi connectivity index (χ3n) is 4.43. The van der Waals surface area contributed by atoms with Gasteiger partial charge in [0, 0.05) is 16.1 Å². The van der Waals surface area contributed by atoms with Crippen molar-refractivity contribution in [3.05, 3.63) is 104 Å². The van der Waals surface area contributed by atoms with E-state index in [-0.39, 0.29) is 10.9 Å². The number of rotatable bonds is 5. The second-order valence-electron chi connectivity index (χ2n) is 6.83. The minimum absolute atomic E-state index is 0.0940. The molecule has 0 saturated heterocycles. The Hall–Kier alpha value is -2.86. The lowest BCUT2D eigenvalue weighted by Crippen LogP contribution is -2.42. The number of carbonyl (C=O) groups excluding carboxylic acids is 2. The van der Waals surface area contributed by atoms with Crippen molar-refractivity contribution in [1.82, 2.24) is 10.6 Å². The number of amides is 2. The Labute approximate surface area is 194 Å². The summed E-state index contributed by atoms with van der Waals surface area (Å²) >= 11 is 18.2. The summed E-state index contributed by atoms with van der Waals surface area (Å²) in [4.78, 5) is 25.9. The number of benzene rings is 3. The Morgan fingerprint density at radius 3 is 2.23 bits per heavy atom. The Balaban J connectivity index is 1.90. The number of nitrogens with one attached hydrogen (secondary N) is 3. The molecule has 2 amide bonds. The molecule has 0 aliphatic heterocycles. The van der Waals surface area contributed by atoms with Gasteiger partial charge in [0.25, 0.3) is 11.8 Å². The molecule has 0 aromatic heterocycles. The normalized spacial score (nSPS) is 11.5. The Morgan fingerprint density at radius 2 is 1.58 bits per heavy atom. The van der Waals surface area contributed by atoms with Crippen LogP contribution in [0.1, 0.15) is 33.1 Å². The van der Waals surface area contributed by atoms with Crippen LogP contribution in [0, 0.1) is 12.3 Å². The van der Waals surface area contributed by atoms with Crippen LogP contribution in [-0.4, -0.2) is 17.6 Å². The molecule has 0 saturated carbocycles. The summed E-state index contributed by atoms with van der Waals surface area (Å²) < 4.78 is 0. The summed E-state index contributed by atoms with van der Waals surface area (Å²) in [7, 11) is 0. The average Bonchev–Trinajstić information content (AvgIpc) is 2.73. The smallest absolute Gasteiger partial charge is 0.252 e. The maximum atomic E-state index is 13.1. The van der Waals surface area contributed by atoms with Crippen molar-refractivity contribution in [2.75, 3.05) is 0 Å². The van der Waals surface area contributed by atoms with Gasteiger partial charge >= 0.3 is 0 Å². The maximum Gasteiger partial charge on any atom is 0.252 e. The summed E-state index contributed by atoms with van der Waals surface area (Å²) in [5, 5.41) is 14.4. The van der Waals surface area contributed by atoms with Crippen molar-refractivity contribution >= 4 is 52.5 Å². The van der Waals surface area contributed by atoms with E-state index in [0.717, 1.165) is 5.56 Å². The molecule has 0 radical (unpaired) electrons. The molecule has 3 aromatic carbocycles. The maximum absolute atomic E-state index is 13.1. The topological polar surface area (TPSA) is 82.1 Å². The average molecular weight is 475 g/mol. The molecule has 1 atom stereocenters. The number of carbonyl (C=O) groups is 2. The van der Waals surface area contributed by atoms with Crippen LogP contribution < -0.4 is 10.6 Å². The summed E-state index contributed by atoms with van der Waals surface area (Å²) in [6, 6.07) is 17.1. The lowest BCUT2D eigenvalue weighted by molar-refractivity contribution is -0.121.